The van der Waals surface area contributed by atoms with Gasteiger partial charge < -0.3 is 25.5 Å². The van der Waals surface area contributed by atoms with Crippen molar-refractivity contribution in [1.82, 2.24) is 4.98 Å². The number of aromatic nitrogens is 1. The lowest BCUT2D eigenvalue weighted by Gasteiger charge is -2.27. The molecular formula is C23H29ClN2O4. The molecule has 0 saturated heterocycles. The molecule has 3 rings (SSSR count). The van der Waals surface area contributed by atoms with Gasteiger partial charge in [0, 0.05) is 12.0 Å². The highest BCUT2D eigenvalue weighted by molar-refractivity contribution is 5.85. The normalized spacial score (nSPS) is 12.4. The summed E-state index contributed by atoms with van der Waals surface area (Å²) >= 11 is 0. The zero-order valence-electron chi connectivity index (χ0n) is 16.8. The molecule has 1 atom stereocenters. The summed E-state index contributed by atoms with van der Waals surface area (Å²) < 4.78 is 5.58. The molecule has 162 valence electrons. The predicted molar refractivity (Wildman–Crippen MR) is 118 cm³/mol. The number of halogens is 1. The molecule has 1 aromatic heterocycles. The molecule has 2 aromatic carbocycles. The van der Waals surface area contributed by atoms with Gasteiger partial charge in [0.05, 0.1) is 24.9 Å². The highest BCUT2D eigenvalue weighted by Gasteiger charge is 2.27. The van der Waals surface area contributed by atoms with E-state index < -0.39 is 11.6 Å². The first-order valence-electron chi connectivity index (χ1n) is 9.80. The number of hydrogen-bond donors (Lipinski definition) is 4. The van der Waals surface area contributed by atoms with Gasteiger partial charge in [-0.05, 0) is 30.4 Å². The number of benzene rings is 2. The van der Waals surface area contributed by atoms with Gasteiger partial charge in [0.1, 0.15) is 12.0 Å². The summed E-state index contributed by atoms with van der Waals surface area (Å²) in [4.78, 5) is 4.55. The summed E-state index contributed by atoms with van der Waals surface area (Å²) in [6.45, 7) is -0.767. The average Bonchev–Trinajstić information content (AvgIpc) is 3.23. The van der Waals surface area contributed by atoms with E-state index in [9.17, 15) is 15.3 Å². The largest absolute Gasteiger partial charge is 0.448 e. The summed E-state index contributed by atoms with van der Waals surface area (Å²) in [5.41, 5.74) is 8.42. The van der Waals surface area contributed by atoms with Crippen molar-refractivity contribution in [1.29, 1.82) is 0 Å². The Morgan fingerprint density at radius 1 is 0.967 bits per heavy atom. The number of aryl methyl sites for hydroxylation is 2. The average molecular weight is 433 g/mol. The molecular weight excluding hydrogens is 404 g/mol. The van der Waals surface area contributed by atoms with Crippen molar-refractivity contribution in [3.63, 3.8) is 0 Å². The van der Waals surface area contributed by atoms with Crippen molar-refractivity contribution in [2.24, 2.45) is 5.73 Å². The van der Waals surface area contributed by atoms with Crippen LogP contribution in [0.1, 0.15) is 36.0 Å². The van der Waals surface area contributed by atoms with Crippen molar-refractivity contribution in [2.75, 3.05) is 13.2 Å². The van der Waals surface area contributed by atoms with Gasteiger partial charge in [0.2, 0.25) is 0 Å². The number of rotatable bonds is 10. The molecule has 7 heteroatoms. The van der Waals surface area contributed by atoms with Gasteiger partial charge in [0.15, 0.2) is 5.89 Å². The highest BCUT2D eigenvalue weighted by Crippen LogP contribution is 2.23. The Morgan fingerprint density at radius 2 is 1.63 bits per heavy atom. The fourth-order valence-electron chi connectivity index (χ4n) is 3.20. The lowest BCUT2D eigenvalue weighted by molar-refractivity contribution is 0.0618. The molecule has 0 saturated carbocycles. The Kier molecular flexibility index (Phi) is 9.02. The summed E-state index contributed by atoms with van der Waals surface area (Å²) in [6.07, 6.45) is 3.46. The Balaban J connectivity index is 0.00000320. The van der Waals surface area contributed by atoms with Crippen molar-refractivity contribution < 1.29 is 19.7 Å². The van der Waals surface area contributed by atoms with Crippen molar-refractivity contribution in [3.8, 4) is 11.3 Å². The van der Waals surface area contributed by atoms with Crippen LogP contribution in [0.25, 0.3) is 11.3 Å². The SMILES string of the molecule is Cl.NC(CO)(CO)CC(O)c1ccc(CCCc2nc(-c3ccccc3)co2)cc1. The second-order valence-electron chi connectivity index (χ2n) is 7.49. The van der Waals surface area contributed by atoms with Crippen LogP contribution in [0, 0.1) is 0 Å². The lowest BCUT2D eigenvalue weighted by atomic mass is 9.91. The van der Waals surface area contributed by atoms with Gasteiger partial charge in [-0.1, -0.05) is 54.6 Å². The molecule has 6 nitrogen and oxygen atoms in total. The van der Waals surface area contributed by atoms with E-state index in [1.54, 1.807) is 6.26 Å². The molecule has 0 aliphatic carbocycles. The molecule has 30 heavy (non-hydrogen) atoms. The molecule has 0 aliphatic rings. The fraction of sp³-hybridized carbons (Fsp3) is 0.348. The maximum atomic E-state index is 10.3. The summed E-state index contributed by atoms with van der Waals surface area (Å²) in [7, 11) is 0. The highest BCUT2D eigenvalue weighted by atomic mass is 35.5. The van der Waals surface area contributed by atoms with E-state index >= 15 is 0 Å². The first kappa shape index (κ1) is 24.1. The zero-order valence-corrected chi connectivity index (χ0v) is 17.6. The fourth-order valence-corrected chi connectivity index (χ4v) is 3.20. The number of aliphatic hydroxyl groups excluding tert-OH is 3. The van der Waals surface area contributed by atoms with Crippen molar-refractivity contribution in [2.45, 2.75) is 37.3 Å². The first-order chi connectivity index (χ1) is 14.0. The van der Waals surface area contributed by atoms with E-state index in [1.807, 2.05) is 54.6 Å². The second-order valence-corrected chi connectivity index (χ2v) is 7.49. The maximum absolute atomic E-state index is 10.3. The molecule has 1 heterocycles. The van der Waals surface area contributed by atoms with Gasteiger partial charge in [-0.25, -0.2) is 4.98 Å². The molecule has 0 radical (unpaired) electrons. The summed E-state index contributed by atoms with van der Waals surface area (Å²) in [5.74, 6) is 0.725. The van der Waals surface area contributed by atoms with E-state index in [0.717, 1.165) is 42.0 Å². The molecule has 1 unspecified atom stereocenters. The van der Waals surface area contributed by atoms with Gasteiger partial charge in [-0.15, -0.1) is 12.4 Å². The van der Waals surface area contributed by atoms with Crippen LogP contribution in [0.3, 0.4) is 0 Å². The molecule has 3 aromatic rings. The van der Waals surface area contributed by atoms with Gasteiger partial charge in [0.25, 0.3) is 0 Å². The molecule has 0 spiro atoms. The minimum Gasteiger partial charge on any atom is -0.448 e. The second kappa shape index (κ2) is 11.2. The minimum atomic E-state index is -1.19. The van der Waals surface area contributed by atoms with Gasteiger partial charge in [-0.3, -0.25) is 0 Å². The molecule has 0 aliphatic heterocycles. The van der Waals surface area contributed by atoms with Gasteiger partial charge in [-0.2, -0.15) is 0 Å². The zero-order chi connectivity index (χ0) is 20.7. The number of nitrogens with zero attached hydrogens (tertiary/aromatic N) is 1. The predicted octanol–water partition coefficient (Wildman–Crippen LogP) is 3.04. The van der Waals surface area contributed by atoms with Crippen molar-refractivity contribution in [3.05, 3.63) is 77.9 Å². The van der Waals surface area contributed by atoms with Crippen LogP contribution in [0.4, 0.5) is 0 Å². The van der Waals surface area contributed by atoms with Crippen molar-refractivity contribution >= 4 is 12.4 Å². The Bertz CT molecular complexity index is 880. The third-order valence-electron chi connectivity index (χ3n) is 5.07. The van der Waals surface area contributed by atoms with Crippen LogP contribution in [0.5, 0.6) is 0 Å². The van der Waals surface area contributed by atoms with E-state index in [1.165, 1.54) is 0 Å². The standard InChI is InChI=1S/C23H28N2O4.ClH/c24-23(15-26,16-27)13-21(28)19-11-9-17(10-12-19)5-4-8-22-25-20(14-29-22)18-6-2-1-3-7-18;/h1-3,6-7,9-12,14,21,26-28H,4-5,8,13,15-16,24H2;1H. The van der Waals surface area contributed by atoms with Crippen LogP contribution >= 0.6 is 12.4 Å². The number of aliphatic hydroxyl groups is 3. The monoisotopic (exact) mass is 432 g/mol. The van der Waals surface area contributed by atoms with Gasteiger partial charge >= 0.3 is 0 Å². The van der Waals surface area contributed by atoms with E-state index in [-0.39, 0.29) is 32.0 Å². The minimum absolute atomic E-state index is 0. The third-order valence-corrected chi connectivity index (χ3v) is 5.07. The third kappa shape index (κ3) is 6.39. The van der Waals surface area contributed by atoms with E-state index in [4.69, 9.17) is 10.2 Å². The number of nitrogens with two attached hydrogens (primary N) is 1. The van der Waals surface area contributed by atoms with Crippen LogP contribution < -0.4 is 5.73 Å². The summed E-state index contributed by atoms with van der Waals surface area (Å²) in [6, 6.07) is 17.6. The smallest absolute Gasteiger partial charge is 0.194 e. The number of oxazole rings is 1. The Morgan fingerprint density at radius 3 is 2.27 bits per heavy atom. The molecule has 0 amide bonds. The molecule has 0 fully saturated rings. The molecule has 0 bridgehead atoms. The Hall–Kier alpha value is -2.22. The van der Waals surface area contributed by atoms with Crippen LogP contribution in [-0.4, -0.2) is 39.1 Å². The van der Waals surface area contributed by atoms with Crippen LogP contribution in [-0.2, 0) is 12.8 Å². The Labute approximate surface area is 182 Å². The quantitative estimate of drug-likeness (QED) is 0.391. The lowest BCUT2D eigenvalue weighted by Crippen LogP contribution is -2.48. The maximum Gasteiger partial charge on any atom is 0.194 e. The van der Waals surface area contributed by atoms with E-state index in [0.29, 0.717) is 5.56 Å². The number of hydrogen-bond acceptors (Lipinski definition) is 6. The summed E-state index contributed by atoms with van der Waals surface area (Å²) in [5, 5.41) is 28.9. The first-order valence-corrected chi connectivity index (χ1v) is 9.80. The molecule has 5 N–H and O–H groups in total. The topological polar surface area (TPSA) is 113 Å². The van der Waals surface area contributed by atoms with Crippen LogP contribution in [0.2, 0.25) is 0 Å². The van der Waals surface area contributed by atoms with E-state index in [2.05, 4.69) is 4.98 Å². The van der Waals surface area contributed by atoms with Crippen LogP contribution in [0.15, 0.2) is 65.3 Å².